The van der Waals surface area contributed by atoms with Gasteiger partial charge in [0.15, 0.2) is 0 Å². The van der Waals surface area contributed by atoms with Crippen LogP contribution in [0.4, 0.5) is 5.82 Å². The van der Waals surface area contributed by atoms with E-state index in [1.165, 1.54) is 36.2 Å². The lowest BCUT2D eigenvalue weighted by Gasteiger charge is -2.40. The number of hydrogen-bond donors (Lipinski definition) is 0. The topological polar surface area (TPSA) is 50.7 Å². The van der Waals surface area contributed by atoms with Crippen molar-refractivity contribution in [3.05, 3.63) is 46.9 Å². The van der Waals surface area contributed by atoms with Crippen LogP contribution in [0.2, 0.25) is 0 Å². The summed E-state index contributed by atoms with van der Waals surface area (Å²) in [6.07, 6.45) is 6.97. The molecule has 2 aromatic rings. The Morgan fingerprint density at radius 3 is 2.81 bits per heavy atom. The lowest BCUT2D eigenvalue weighted by Crippen LogP contribution is -2.45. The van der Waals surface area contributed by atoms with Gasteiger partial charge < -0.3 is 14.4 Å². The van der Waals surface area contributed by atoms with E-state index in [9.17, 15) is 0 Å². The standard InChI is InChI=1S/C26H36N4O2/c1-19-24-9-5-13-30(17-20-6-3-8-23(16-20)31-2)26(24)28-25(27-19)21-7-4-12-29(18-21)22-10-14-32-15-11-22/h3,6,8,16,21-22H,4-5,7,9-15,17-18H2,1-2H3/t21-/m0/s1. The highest BCUT2D eigenvalue weighted by Crippen LogP contribution is 2.33. The molecule has 0 radical (unpaired) electrons. The Balaban J connectivity index is 1.38. The number of methoxy groups -OCH3 is 1. The number of aromatic nitrogens is 2. The number of hydrogen-bond acceptors (Lipinski definition) is 6. The molecule has 172 valence electrons. The summed E-state index contributed by atoms with van der Waals surface area (Å²) in [6.45, 7) is 8.17. The molecule has 3 aliphatic heterocycles. The Morgan fingerprint density at radius 2 is 1.97 bits per heavy atom. The number of fused-ring (bicyclic) bond motifs is 1. The van der Waals surface area contributed by atoms with Crippen LogP contribution in [0.1, 0.15) is 60.7 Å². The van der Waals surface area contributed by atoms with Crippen LogP contribution in [0.3, 0.4) is 0 Å². The van der Waals surface area contributed by atoms with Crippen LogP contribution >= 0.6 is 0 Å². The zero-order valence-electron chi connectivity index (χ0n) is 19.6. The monoisotopic (exact) mass is 436 g/mol. The predicted molar refractivity (Wildman–Crippen MR) is 127 cm³/mol. The number of ether oxygens (including phenoxy) is 2. The number of piperidine rings is 1. The quantitative estimate of drug-likeness (QED) is 0.703. The van der Waals surface area contributed by atoms with Crippen molar-refractivity contribution in [1.29, 1.82) is 0 Å². The fourth-order valence-electron chi connectivity index (χ4n) is 5.64. The Bertz CT molecular complexity index is 928. The Morgan fingerprint density at radius 1 is 1.09 bits per heavy atom. The Kier molecular flexibility index (Phi) is 6.60. The number of anilines is 1. The maximum Gasteiger partial charge on any atom is 0.136 e. The van der Waals surface area contributed by atoms with Gasteiger partial charge in [-0.15, -0.1) is 0 Å². The summed E-state index contributed by atoms with van der Waals surface area (Å²) in [5.74, 6) is 3.55. The highest BCUT2D eigenvalue weighted by Gasteiger charge is 2.31. The number of aryl methyl sites for hydroxylation is 1. The van der Waals surface area contributed by atoms with Gasteiger partial charge in [-0.1, -0.05) is 12.1 Å². The van der Waals surface area contributed by atoms with Gasteiger partial charge in [0.25, 0.3) is 0 Å². The predicted octanol–water partition coefficient (Wildman–Crippen LogP) is 4.10. The third-order valence-corrected chi connectivity index (χ3v) is 7.40. The minimum Gasteiger partial charge on any atom is -0.497 e. The van der Waals surface area contributed by atoms with Crippen molar-refractivity contribution >= 4 is 5.82 Å². The Hall–Kier alpha value is -2.18. The van der Waals surface area contributed by atoms with Crippen molar-refractivity contribution in [1.82, 2.24) is 14.9 Å². The summed E-state index contributed by atoms with van der Waals surface area (Å²) >= 11 is 0. The van der Waals surface area contributed by atoms with Crippen LogP contribution in [-0.4, -0.2) is 60.9 Å². The largest absolute Gasteiger partial charge is 0.497 e. The van der Waals surface area contributed by atoms with E-state index in [1.54, 1.807) is 7.11 Å². The van der Waals surface area contributed by atoms with Gasteiger partial charge in [-0.2, -0.15) is 0 Å². The summed E-state index contributed by atoms with van der Waals surface area (Å²) in [5, 5.41) is 0. The highest BCUT2D eigenvalue weighted by molar-refractivity contribution is 5.52. The molecule has 32 heavy (non-hydrogen) atoms. The molecule has 1 aromatic carbocycles. The van der Waals surface area contributed by atoms with E-state index < -0.39 is 0 Å². The molecule has 6 nitrogen and oxygen atoms in total. The van der Waals surface area contributed by atoms with Gasteiger partial charge in [-0.25, -0.2) is 9.97 Å². The first-order chi connectivity index (χ1) is 15.7. The molecule has 2 saturated heterocycles. The van der Waals surface area contributed by atoms with E-state index in [0.29, 0.717) is 12.0 Å². The van der Waals surface area contributed by atoms with Crippen molar-refractivity contribution in [2.45, 2.75) is 64.0 Å². The van der Waals surface area contributed by atoms with Gasteiger partial charge in [-0.05, 0) is 69.7 Å². The van der Waals surface area contributed by atoms with Crippen molar-refractivity contribution in [3.8, 4) is 5.75 Å². The van der Waals surface area contributed by atoms with Gasteiger partial charge in [0.1, 0.15) is 17.4 Å². The molecular weight excluding hydrogens is 400 g/mol. The van der Waals surface area contributed by atoms with Gasteiger partial charge in [0, 0.05) is 56.1 Å². The van der Waals surface area contributed by atoms with Crippen LogP contribution in [0.15, 0.2) is 24.3 Å². The van der Waals surface area contributed by atoms with Crippen molar-refractivity contribution in [3.63, 3.8) is 0 Å². The highest BCUT2D eigenvalue weighted by atomic mass is 16.5. The molecule has 5 rings (SSSR count). The third kappa shape index (κ3) is 4.62. The summed E-state index contributed by atoms with van der Waals surface area (Å²) in [5.41, 5.74) is 3.77. The van der Waals surface area contributed by atoms with Gasteiger partial charge in [0.05, 0.1) is 7.11 Å². The van der Waals surface area contributed by atoms with E-state index in [-0.39, 0.29) is 0 Å². The fraction of sp³-hybridized carbons (Fsp3) is 0.615. The van der Waals surface area contributed by atoms with E-state index in [1.807, 2.05) is 6.07 Å². The first-order valence-electron chi connectivity index (χ1n) is 12.3. The Labute approximate surface area is 191 Å². The van der Waals surface area contributed by atoms with E-state index in [0.717, 1.165) is 75.9 Å². The van der Waals surface area contributed by atoms with E-state index in [2.05, 4.69) is 34.9 Å². The molecule has 1 aromatic heterocycles. The van der Waals surface area contributed by atoms with E-state index in [4.69, 9.17) is 19.4 Å². The molecule has 0 amide bonds. The first kappa shape index (κ1) is 21.7. The van der Waals surface area contributed by atoms with Gasteiger partial charge in [-0.3, -0.25) is 4.90 Å². The molecule has 2 fully saturated rings. The summed E-state index contributed by atoms with van der Waals surface area (Å²) in [4.78, 5) is 15.4. The summed E-state index contributed by atoms with van der Waals surface area (Å²) in [6, 6.07) is 9.05. The lowest BCUT2D eigenvalue weighted by molar-refractivity contribution is 0.0235. The molecule has 0 saturated carbocycles. The zero-order chi connectivity index (χ0) is 21.9. The lowest BCUT2D eigenvalue weighted by atomic mass is 9.93. The molecule has 0 bridgehead atoms. The number of benzene rings is 1. The van der Waals surface area contributed by atoms with Crippen LogP contribution in [0.25, 0.3) is 0 Å². The number of likely N-dealkylation sites (tertiary alicyclic amines) is 1. The minimum absolute atomic E-state index is 0.427. The van der Waals surface area contributed by atoms with Crippen molar-refractivity contribution < 1.29 is 9.47 Å². The summed E-state index contributed by atoms with van der Waals surface area (Å²) in [7, 11) is 1.73. The smallest absolute Gasteiger partial charge is 0.136 e. The van der Waals surface area contributed by atoms with Crippen molar-refractivity contribution in [2.75, 3.05) is 44.9 Å². The van der Waals surface area contributed by atoms with Crippen LogP contribution in [-0.2, 0) is 17.7 Å². The van der Waals surface area contributed by atoms with Gasteiger partial charge >= 0.3 is 0 Å². The average molecular weight is 437 g/mol. The summed E-state index contributed by atoms with van der Waals surface area (Å²) < 4.78 is 11.0. The fourth-order valence-corrected chi connectivity index (χ4v) is 5.64. The molecular formula is C26H36N4O2. The van der Waals surface area contributed by atoms with Crippen LogP contribution in [0, 0.1) is 6.92 Å². The zero-order valence-corrected chi connectivity index (χ0v) is 19.6. The number of rotatable bonds is 5. The van der Waals surface area contributed by atoms with Crippen molar-refractivity contribution in [2.24, 2.45) is 0 Å². The maximum absolute atomic E-state index is 5.59. The second kappa shape index (κ2) is 9.75. The van der Waals surface area contributed by atoms with Crippen LogP contribution < -0.4 is 9.64 Å². The molecule has 1 atom stereocenters. The van der Waals surface area contributed by atoms with E-state index >= 15 is 0 Å². The SMILES string of the molecule is COc1cccc(CN2CCCc3c(C)nc([C@H]4CCCN(C5CCOCC5)C4)nc32)c1. The third-order valence-electron chi connectivity index (χ3n) is 7.40. The molecule has 4 heterocycles. The molecule has 0 aliphatic carbocycles. The maximum atomic E-state index is 5.59. The molecule has 0 N–H and O–H groups in total. The van der Waals surface area contributed by atoms with Gasteiger partial charge in [0.2, 0.25) is 0 Å². The molecule has 6 heteroatoms. The first-order valence-corrected chi connectivity index (χ1v) is 12.3. The molecule has 0 unspecified atom stereocenters. The second-order valence-electron chi connectivity index (χ2n) is 9.52. The second-order valence-corrected chi connectivity index (χ2v) is 9.52. The molecule has 0 spiro atoms. The normalized spacial score (nSPS) is 22.6. The number of nitrogens with zero attached hydrogens (tertiary/aromatic N) is 4. The minimum atomic E-state index is 0.427. The molecule has 3 aliphatic rings. The van der Waals surface area contributed by atoms with Crippen LogP contribution in [0.5, 0.6) is 5.75 Å². The average Bonchev–Trinajstić information content (AvgIpc) is 2.85.